The van der Waals surface area contributed by atoms with Crippen molar-refractivity contribution < 1.29 is 28.6 Å². The maximum absolute atomic E-state index is 13.4. The molecule has 0 fully saturated rings. The molecule has 0 aromatic carbocycles. The first kappa shape index (κ1) is 31.2. The van der Waals surface area contributed by atoms with Crippen LogP contribution in [-0.2, 0) is 27.2 Å². The van der Waals surface area contributed by atoms with Crippen LogP contribution in [0.4, 0.5) is 10.2 Å². The highest BCUT2D eigenvalue weighted by Gasteiger charge is 2.27. The quantitative estimate of drug-likeness (QED) is 0.251. The molecule has 3 heterocycles. The Morgan fingerprint density at radius 2 is 2.05 bits per heavy atom. The van der Waals surface area contributed by atoms with Crippen molar-refractivity contribution >= 4 is 17.7 Å². The van der Waals surface area contributed by atoms with Gasteiger partial charge in [-0.2, -0.15) is 0 Å². The zero-order valence-electron chi connectivity index (χ0n) is 23.7. The number of amides is 1. The van der Waals surface area contributed by atoms with Gasteiger partial charge in [-0.05, 0) is 75.8 Å². The molecule has 3 rings (SSSR count). The molecule has 0 radical (unpaired) electrons. The second kappa shape index (κ2) is 16.1. The minimum atomic E-state index is -1.13. The third kappa shape index (κ3) is 9.12. The topological polar surface area (TPSA) is 126 Å². The highest BCUT2D eigenvalue weighted by Crippen LogP contribution is 2.24. The fraction of sp³-hybridized carbons (Fsp3) is 0.586. The van der Waals surface area contributed by atoms with Gasteiger partial charge in [0.2, 0.25) is 5.91 Å². The first-order chi connectivity index (χ1) is 19.4. The van der Waals surface area contributed by atoms with Crippen LogP contribution in [-0.4, -0.2) is 91.1 Å². The van der Waals surface area contributed by atoms with Gasteiger partial charge in [0.1, 0.15) is 24.3 Å². The van der Waals surface area contributed by atoms with E-state index in [0.717, 1.165) is 50.2 Å². The number of aliphatic carboxylic acids is 1. The van der Waals surface area contributed by atoms with E-state index in [1.165, 1.54) is 19.8 Å². The van der Waals surface area contributed by atoms with Crippen LogP contribution in [0.25, 0.3) is 0 Å². The van der Waals surface area contributed by atoms with Crippen LogP contribution < -0.4 is 15.4 Å². The smallest absolute Gasteiger partial charge is 0.326 e. The minimum Gasteiger partial charge on any atom is -0.495 e. The van der Waals surface area contributed by atoms with E-state index in [0.29, 0.717) is 31.1 Å². The third-order valence-corrected chi connectivity index (χ3v) is 7.25. The Hall–Kier alpha value is -3.31. The number of anilines is 1. The normalized spacial score (nSPS) is 15.0. The van der Waals surface area contributed by atoms with Crippen molar-refractivity contribution in [2.75, 3.05) is 52.4 Å². The average molecular weight is 560 g/mol. The highest BCUT2D eigenvalue weighted by molar-refractivity contribution is 5.87. The number of carbonyl (C=O) groups excluding carboxylic acids is 1. The predicted octanol–water partition coefficient (Wildman–Crippen LogP) is 3.22. The minimum absolute atomic E-state index is 0.161. The molecule has 1 amide bonds. The first-order valence-electron chi connectivity index (χ1n) is 13.9. The van der Waals surface area contributed by atoms with Crippen molar-refractivity contribution in [1.29, 1.82) is 0 Å². The van der Waals surface area contributed by atoms with E-state index in [1.54, 1.807) is 25.3 Å². The van der Waals surface area contributed by atoms with E-state index in [2.05, 4.69) is 27.8 Å². The zero-order chi connectivity index (χ0) is 28.9. The molecule has 220 valence electrons. The third-order valence-electron chi connectivity index (χ3n) is 7.25. The number of carboxylic acid groups (broad SMARTS) is 1. The monoisotopic (exact) mass is 559 g/mol. The number of halogens is 1. The van der Waals surface area contributed by atoms with E-state index in [-0.39, 0.29) is 6.42 Å². The first-order valence-corrected chi connectivity index (χ1v) is 13.9. The van der Waals surface area contributed by atoms with Crippen LogP contribution in [0.5, 0.6) is 5.75 Å². The second-order valence-corrected chi connectivity index (χ2v) is 10.1. The predicted molar refractivity (Wildman–Crippen MR) is 151 cm³/mol. The Bertz CT molecular complexity index is 1100. The molecule has 1 unspecified atom stereocenters. The number of rotatable bonds is 17. The number of aryl methyl sites for hydroxylation is 2. The maximum Gasteiger partial charge on any atom is 0.326 e. The van der Waals surface area contributed by atoms with Crippen LogP contribution in [0.3, 0.4) is 0 Å². The van der Waals surface area contributed by atoms with Crippen LogP contribution in [0, 0.1) is 0 Å². The van der Waals surface area contributed by atoms with E-state index >= 15 is 0 Å². The van der Waals surface area contributed by atoms with Gasteiger partial charge in [0.05, 0.1) is 24.8 Å². The standard InChI is InChI=1S/C29H42FN5O5/c1-20(26-25(40-3)10-7-14-31-26)28(36)34-24(29(37)38)13-17-35(19-23(18-30)39-2)16-5-4-9-22-12-11-21-8-6-15-32-27(21)33-22/h7,10-12,14,20,23-24H,4-6,8-9,13,15-19H2,1-3H3,(H,32,33)(H,34,36)(H,37,38)/t20?,23-,24+/m1/s1. The van der Waals surface area contributed by atoms with Crippen molar-refractivity contribution in [2.45, 2.75) is 63.5 Å². The number of carboxylic acids is 1. The van der Waals surface area contributed by atoms with Crippen molar-refractivity contribution in [3.8, 4) is 5.75 Å². The lowest BCUT2D eigenvalue weighted by Crippen LogP contribution is -2.45. The molecule has 2 aromatic heterocycles. The van der Waals surface area contributed by atoms with E-state index in [9.17, 15) is 19.1 Å². The van der Waals surface area contributed by atoms with Crippen molar-refractivity contribution in [2.24, 2.45) is 0 Å². The SMILES string of the molecule is COc1cccnc1C(C)C(=O)N[C@@H](CCN(CCCCc1ccc2c(n1)NCCC2)C[C@@H](CF)OC)C(=O)O. The average Bonchev–Trinajstić information content (AvgIpc) is 2.98. The molecule has 1 aliphatic heterocycles. The van der Waals surface area contributed by atoms with Gasteiger partial charge in [-0.25, -0.2) is 14.2 Å². The molecule has 1 aliphatic rings. The molecule has 0 saturated heterocycles. The van der Waals surface area contributed by atoms with Gasteiger partial charge in [-0.15, -0.1) is 0 Å². The number of nitrogens with zero attached hydrogens (tertiary/aromatic N) is 3. The summed E-state index contributed by atoms with van der Waals surface area (Å²) < 4.78 is 24.0. The summed E-state index contributed by atoms with van der Waals surface area (Å²) in [6.07, 6.45) is 5.82. The van der Waals surface area contributed by atoms with Crippen molar-refractivity contribution in [1.82, 2.24) is 20.2 Å². The van der Waals surface area contributed by atoms with E-state index in [4.69, 9.17) is 14.5 Å². The lowest BCUT2D eigenvalue weighted by atomic mass is 10.0. The van der Waals surface area contributed by atoms with Gasteiger partial charge in [-0.3, -0.25) is 9.78 Å². The number of nitrogens with one attached hydrogen (secondary N) is 2. The number of aromatic nitrogens is 2. The number of fused-ring (bicyclic) bond motifs is 1. The summed E-state index contributed by atoms with van der Waals surface area (Å²) >= 11 is 0. The lowest BCUT2D eigenvalue weighted by molar-refractivity contribution is -0.142. The molecule has 0 bridgehead atoms. The van der Waals surface area contributed by atoms with Gasteiger partial charge in [0.15, 0.2) is 0 Å². The second-order valence-electron chi connectivity index (χ2n) is 10.1. The number of carbonyl (C=O) groups is 2. The molecule has 3 N–H and O–H groups in total. The van der Waals surface area contributed by atoms with Gasteiger partial charge in [0.25, 0.3) is 0 Å². The highest BCUT2D eigenvalue weighted by atomic mass is 19.1. The van der Waals surface area contributed by atoms with Crippen molar-refractivity contribution in [3.05, 3.63) is 47.4 Å². The molecule has 40 heavy (non-hydrogen) atoms. The Balaban J connectivity index is 1.55. The number of unbranched alkanes of at least 4 members (excludes halogenated alkanes) is 1. The van der Waals surface area contributed by atoms with Crippen LogP contribution in [0.1, 0.15) is 55.5 Å². The fourth-order valence-corrected chi connectivity index (χ4v) is 4.81. The molecule has 10 nitrogen and oxygen atoms in total. The summed E-state index contributed by atoms with van der Waals surface area (Å²) in [5, 5.41) is 15.8. The largest absolute Gasteiger partial charge is 0.495 e. The summed E-state index contributed by atoms with van der Waals surface area (Å²) in [5.74, 6) is -0.850. The summed E-state index contributed by atoms with van der Waals surface area (Å²) in [5.41, 5.74) is 2.72. The molecule has 11 heteroatoms. The van der Waals surface area contributed by atoms with E-state index in [1.807, 2.05) is 4.90 Å². The number of alkyl halides is 1. The molecule has 0 aliphatic carbocycles. The van der Waals surface area contributed by atoms with Gasteiger partial charge in [0, 0.05) is 38.6 Å². The van der Waals surface area contributed by atoms with E-state index < -0.39 is 36.6 Å². The van der Waals surface area contributed by atoms with Gasteiger partial charge < -0.3 is 30.1 Å². The molecule has 3 atom stereocenters. The Labute approximate surface area is 235 Å². The maximum atomic E-state index is 13.4. The number of hydrogen-bond acceptors (Lipinski definition) is 8. The summed E-state index contributed by atoms with van der Waals surface area (Å²) in [4.78, 5) is 35.9. The lowest BCUT2D eigenvalue weighted by Gasteiger charge is -2.27. The number of pyridine rings is 2. The Morgan fingerprint density at radius 1 is 1.23 bits per heavy atom. The number of methoxy groups -OCH3 is 2. The van der Waals surface area contributed by atoms with Crippen LogP contribution in [0.15, 0.2) is 30.5 Å². The van der Waals surface area contributed by atoms with Gasteiger partial charge in [-0.1, -0.05) is 6.07 Å². The summed E-state index contributed by atoms with van der Waals surface area (Å²) in [7, 11) is 2.96. The zero-order valence-corrected chi connectivity index (χ0v) is 23.7. The fourth-order valence-electron chi connectivity index (χ4n) is 4.81. The number of ether oxygens (including phenoxy) is 2. The molecular weight excluding hydrogens is 517 g/mol. The summed E-state index contributed by atoms with van der Waals surface area (Å²) in [6.45, 7) is 3.30. The number of hydrogen-bond donors (Lipinski definition) is 3. The summed E-state index contributed by atoms with van der Waals surface area (Å²) in [6, 6.07) is 6.52. The van der Waals surface area contributed by atoms with Crippen LogP contribution in [0.2, 0.25) is 0 Å². The molecule has 2 aromatic rings. The molecule has 0 spiro atoms. The Morgan fingerprint density at radius 3 is 2.77 bits per heavy atom. The van der Waals surface area contributed by atoms with Crippen LogP contribution >= 0.6 is 0 Å². The van der Waals surface area contributed by atoms with Gasteiger partial charge >= 0.3 is 5.97 Å². The van der Waals surface area contributed by atoms with Crippen molar-refractivity contribution in [3.63, 3.8) is 0 Å². The molecular formula is C29H42FN5O5. The Kier molecular flexibility index (Phi) is 12.5. The molecule has 0 saturated carbocycles.